The summed E-state index contributed by atoms with van der Waals surface area (Å²) in [6.07, 6.45) is 0. The summed E-state index contributed by atoms with van der Waals surface area (Å²) in [5.41, 5.74) is 6.86. The van der Waals surface area contributed by atoms with Gasteiger partial charge in [0.05, 0.1) is 21.7 Å². The summed E-state index contributed by atoms with van der Waals surface area (Å²) in [6.45, 7) is 8.27. The lowest BCUT2D eigenvalue weighted by Gasteiger charge is -2.19. The number of hydrogen-bond acceptors (Lipinski definition) is 5. The Bertz CT molecular complexity index is 1180. The third-order valence-electron chi connectivity index (χ3n) is 4.86. The van der Waals surface area contributed by atoms with Gasteiger partial charge in [-0.05, 0) is 53.9 Å². The topological polar surface area (TPSA) is 94.0 Å². The Morgan fingerprint density at radius 3 is 2.44 bits per heavy atom. The molecule has 1 heterocycles. The summed E-state index contributed by atoms with van der Waals surface area (Å²) in [6, 6.07) is 14.5. The number of carboxylic acids is 1. The first-order valence-corrected chi connectivity index (χ1v) is 11.2. The predicted molar refractivity (Wildman–Crippen MR) is 135 cm³/mol. The van der Waals surface area contributed by atoms with E-state index in [1.165, 1.54) is 29.0 Å². The lowest BCUT2D eigenvalue weighted by atomic mass is 9.86. The molecule has 1 aromatic heterocycles. The Labute approximate surface area is 196 Å². The number of carbonyl (C=O) groups is 1. The molecule has 8 heteroatoms. The van der Waals surface area contributed by atoms with Crippen molar-refractivity contribution in [1.29, 1.82) is 0 Å². The van der Waals surface area contributed by atoms with E-state index in [0.29, 0.717) is 17.0 Å². The maximum Gasteiger partial charge on any atom is 0.335 e. The van der Waals surface area contributed by atoms with Gasteiger partial charge in [0, 0.05) is 11.1 Å². The molecule has 3 aromatic rings. The van der Waals surface area contributed by atoms with E-state index in [0.717, 1.165) is 10.4 Å². The molecule has 0 aliphatic rings. The number of anilines is 1. The molecule has 166 valence electrons. The van der Waals surface area contributed by atoms with Gasteiger partial charge in [-0.2, -0.15) is 5.10 Å². The zero-order valence-corrected chi connectivity index (χ0v) is 19.9. The number of thiocarbonyl (C=S) groups is 1. The minimum Gasteiger partial charge on any atom is -0.506 e. The fourth-order valence-corrected chi connectivity index (χ4v) is 4.19. The summed E-state index contributed by atoms with van der Waals surface area (Å²) < 4.78 is 0. The molecular formula is C24H25N3O3S2. The fraction of sp³-hybridized carbons (Fsp3) is 0.208. The molecule has 0 bridgehead atoms. The molecule has 0 fully saturated rings. The molecule has 0 spiro atoms. The van der Waals surface area contributed by atoms with E-state index >= 15 is 0 Å². The van der Waals surface area contributed by atoms with Gasteiger partial charge in [-0.25, -0.2) is 4.79 Å². The van der Waals surface area contributed by atoms with Gasteiger partial charge < -0.3 is 15.5 Å². The number of aromatic carboxylic acids is 1. The Balaban J connectivity index is 1.71. The van der Waals surface area contributed by atoms with Crippen molar-refractivity contribution in [3.63, 3.8) is 0 Å². The summed E-state index contributed by atoms with van der Waals surface area (Å²) in [5.74, 6) is -0.840. The molecule has 3 rings (SSSR count). The average Bonchev–Trinajstić information content (AvgIpc) is 3.13. The zero-order chi connectivity index (χ0) is 23.5. The van der Waals surface area contributed by atoms with E-state index in [2.05, 4.69) is 48.7 Å². The van der Waals surface area contributed by atoms with Crippen molar-refractivity contribution in [2.45, 2.75) is 33.1 Å². The van der Waals surface area contributed by atoms with Crippen LogP contribution in [0.4, 0.5) is 5.69 Å². The first-order chi connectivity index (χ1) is 15.1. The number of thiophene rings is 1. The molecule has 0 aliphatic carbocycles. The minimum atomic E-state index is -1.02. The van der Waals surface area contributed by atoms with Crippen LogP contribution in [0.3, 0.4) is 0 Å². The second kappa shape index (κ2) is 9.50. The van der Waals surface area contributed by atoms with Gasteiger partial charge in [-0.3, -0.25) is 5.43 Å². The van der Waals surface area contributed by atoms with Crippen molar-refractivity contribution < 1.29 is 15.0 Å². The van der Waals surface area contributed by atoms with Gasteiger partial charge in [-0.1, -0.05) is 51.1 Å². The molecule has 2 aromatic carbocycles. The second-order valence-corrected chi connectivity index (χ2v) is 9.59. The largest absolute Gasteiger partial charge is 0.506 e. The van der Waals surface area contributed by atoms with Crippen LogP contribution < -0.4 is 10.7 Å². The minimum absolute atomic E-state index is 0.0670. The van der Waals surface area contributed by atoms with Crippen LogP contribution in [0.5, 0.6) is 5.75 Å². The first-order valence-electron chi connectivity index (χ1n) is 9.92. The Morgan fingerprint density at radius 1 is 1.12 bits per heavy atom. The van der Waals surface area contributed by atoms with Crippen LogP contribution >= 0.6 is 23.6 Å². The van der Waals surface area contributed by atoms with Gasteiger partial charge in [0.25, 0.3) is 0 Å². The van der Waals surface area contributed by atoms with Crippen molar-refractivity contribution in [3.05, 3.63) is 70.6 Å². The number of benzene rings is 2. The molecule has 0 saturated carbocycles. The Morgan fingerprint density at radius 2 is 1.81 bits per heavy atom. The number of nitrogens with one attached hydrogen (secondary N) is 2. The molecule has 0 saturated heterocycles. The van der Waals surface area contributed by atoms with Crippen LogP contribution in [-0.2, 0) is 5.41 Å². The normalized spacial score (nSPS) is 11.8. The number of hydrazone groups is 1. The van der Waals surface area contributed by atoms with Gasteiger partial charge in [0.1, 0.15) is 5.75 Å². The molecule has 4 N–H and O–H groups in total. The molecule has 6 nitrogen and oxygen atoms in total. The van der Waals surface area contributed by atoms with Crippen molar-refractivity contribution >= 4 is 46.0 Å². The summed E-state index contributed by atoms with van der Waals surface area (Å²) >= 11 is 6.68. The van der Waals surface area contributed by atoms with Crippen LogP contribution in [0.2, 0.25) is 0 Å². The van der Waals surface area contributed by atoms with Gasteiger partial charge in [-0.15, -0.1) is 11.3 Å². The Hall–Kier alpha value is -3.23. The molecule has 0 amide bonds. The SMILES string of the molecule is CC(=NNC(=S)Nc1cccc(C(=O)O)c1)c1csc(-c2ccc(C(C)(C)C)cc2)c1O. The number of carboxylic acid groups (broad SMARTS) is 1. The third-order valence-corrected chi connectivity index (χ3v) is 6.07. The van der Waals surface area contributed by atoms with Gasteiger partial charge in [0.2, 0.25) is 0 Å². The lowest BCUT2D eigenvalue weighted by molar-refractivity contribution is 0.0697. The standard InChI is InChI=1S/C24H25N3O3S2/c1-14(26-27-23(31)25-18-7-5-6-16(12-18)22(29)30)19-13-32-21(20(19)28)15-8-10-17(11-9-15)24(2,3)4/h5-13,28H,1-4H3,(H,29,30)(H2,25,27,31). The van der Waals surface area contributed by atoms with Crippen molar-refractivity contribution in [2.24, 2.45) is 5.10 Å². The smallest absolute Gasteiger partial charge is 0.335 e. The maximum atomic E-state index is 11.1. The van der Waals surface area contributed by atoms with E-state index < -0.39 is 5.97 Å². The van der Waals surface area contributed by atoms with E-state index in [9.17, 15) is 9.90 Å². The van der Waals surface area contributed by atoms with E-state index in [1.54, 1.807) is 19.1 Å². The maximum absolute atomic E-state index is 11.1. The quantitative estimate of drug-likeness (QED) is 0.214. The molecule has 0 radical (unpaired) electrons. The van der Waals surface area contributed by atoms with Crippen LogP contribution in [0.25, 0.3) is 10.4 Å². The molecule has 32 heavy (non-hydrogen) atoms. The number of nitrogens with zero attached hydrogens (tertiary/aromatic N) is 1. The number of rotatable bonds is 5. The molecule has 0 unspecified atom stereocenters. The summed E-state index contributed by atoms with van der Waals surface area (Å²) in [7, 11) is 0. The Kier molecular flexibility index (Phi) is 6.96. The highest BCUT2D eigenvalue weighted by Gasteiger charge is 2.17. The van der Waals surface area contributed by atoms with E-state index in [1.807, 2.05) is 17.5 Å². The monoisotopic (exact) mass is 467 g/mol. The summed E-state index contributed by atoms with van der Waals surface area (Å²) in [4.78, 5) is 11.9. The predicted octanol–water partition coefficient (Wildman–Crippen LogP) is 5.83. The van der Waals surface area contributed by atoms with E-state index in [-0.39, 0.29) is 21.8 Å². The number of aromatic hydroxyl groups is 1. The van der Waals surface area contributed by atoms with Crippen LogP contribution in [0.15, 0.2) is 59.0 Å². The summed E-state index contributed by atoms with van der Waals surface area (Å²) in [5, 5.41) is 29.1. The fourth-order valence-electron chi connectivity index (χ4n) is 3.02. The highest BCUT2D eigenvalue weighted by molar-refractivity contribution is 7.80. The molecule has 0 aliphatic heterocycles. The first kappa shape index (κ1) is 23.4. The molecule has 0 atom stereocenters. The van der Waals surface area contributed by atoms with Gasteiger partial charge in [0.15, 0.2) is 5.11 Å². The van der Waals surface area contributed by atoms with Crippen molar-refractivity contribution in [3.8, 4) is 16.2 Å². The lowest BCUT2D eigenvalue weighted by Crippen LogP contribution is -2.25. The average molecular weight is 468 g/mol. The van der Waals surface area contributed by atoms with Crippen LogP contribution in [-0.4, -0.2) is 27.0 Å². The van der Waals surface area contributed by atoms with Crippen molar-refractivity contribution in [1.82, 2.24) is 5.43 Å². The highest BCUT2D eigenvalue weighted by atomic mass is 32.1. The van der Waals surface area contributed by atoms with Crippen LogP contribution in [0, 0.1) is 0 Å². The highest BCUT2D eigenvalue weighted by Crippen LogP contribution is 2.39. The molecular weight excluding hydrogens is 442 g/mol. The zero-order valence-electron chi connectivity index (χ0n) is 18.3. The number of hydrogen-bond donors (Lipinski definition) is 4. The van der Waals surface area contributed by atoms with Crippen LogP contribution in [0.1, 0.15) is 49.2 Å². The van der Waals surface area contributed by atoms with E-state index in [4.69, 9.17) is 17.3 Å². The van der Waals surface area contributed by atoms with Crippen molar-refractivity contribution in [2.75, 3.05) is 5.32 Å². The third kappa shape index (κ3) is 5.52. The van der Waals surface area contributed by atoms with Gasteiger partial charge >= 0.3 is 5.97 Å². The second-order valence-electron chi connectivity index (χ2n) is 8.30.